The number of rotatable bonds is 10. The van der Waals surface area contributed by atoms with Crippen molar-refractivity contribution in [2.75, 3.05) is 26.9 Å². The summed E-state index contributed by atoms with van der Waals surface area (Å²) in [5.74, 6) is 0.768. The number of hydrogen-bond acceptors (Lipinski definition) is 5. The van der Waals surface area contributed by atoms with Gasteiger partial charge in [0.05, 0.1) is 13.7 Å². The Hall–Kier alpha value is -3.22. The number of carbonyl (C=O) groups excluding carboxylic acids is 1. The molecule has 0 unspecified atom stereocenters. The molecule has 7 heteroatoms. The maximum atomic E-state index is 12.3. The average Bonchev–Trinajstić information content (AvgIpc) is 2.67. The highest BCUT2D eigenvalue weighted by atomic mass is 16.5. The molecule has 0 radical (unpaired) electrons. The van der Waals surface area contributed by atoms with E-state index in [1.165, 1.54) is 0 Å². The smallest absolute Gasteiger partial charge is 0.341 e. The largest absolute Gasteiger partial charge is 0.497 e. The van der Waals surface area contributed by atoms with E-state index in [1.807, 2.05) is 24.3 Å². The van der Waals surface area contributed by atoms with Crippen LogP contribution in [0.25, 0.3) is 0 Å². The number of carboxylic acid groups (broad SMARTS) is 1. The second-order valence-corrected chi connectivity index (χ2v) is 6.26. The molecule has 0 saturated carbocycles. The van der Waals surface area contributed by atoms with Gasteiger partial charge in [0.1, 0.15) is 17.2 Å². The summed E-state index contributed by atoms with van der Waals surface area (Å²) in [6.07, 6.45) is 0.662. The second-order valence-electron chi connectivity index (χ2n) is 6.26. The zero-order valence-corrected chi connectivity index (χ0v) is 16.3. The number of benzene rings is 2. The van der Waals surface area contributed by atoms with Gasteiger partial charge in [-0.3, -0.25) is 4.79 Å². The first-order chi connectivity index (χ1) is 13.4. The van der Waals surface area contributed by atoms with Crippen molar-refractivity contribution in [3.05, 3.63) is 53.1 Å². The predicted molar refractivity (Wildman–Crippen MR) is 104 cm³/mol. The molecule has 0 heterocycles. The first-order valence-electron chi connectivity index (χ1n) is 8.91. The minimum absolute atomic E-state index is 0.194. The van der Waals surface area contributed by atoms with Crippen molar-refractivity contribution in [2.24, 2.45) is 0 Å². The van der Waals surface area contributed by atoms with E-state index in [0.717, 1.165) is 11.5 Å². The minimum atomic E-state index is -1.04. The third kappa shape index (κ3) is 6.19. The van der Waals surface area contributed by atoms with Gasteiger partial charge in [0.25, 0.3) is 5.91 Å². The van der Waals surface area contributed by atoms with Crippen LogP contribution < -0.4 is 19.5 Å². The molecular formula is C21H25NO6. The van der Waals surface area contributed by atoms with Crippen LogP contribution in [0.3, 0.4) is 0 Å². The number of aliphatic carboxylic acids is 1. The lowest BCUT2D eigenvalue weighted by Crippen LogP contribution is -2.25. The molecular weight excluding hydrogens is 362 g/mol. The van der Waals surface area contributed by atoms with Crippen molar-refractivity contribution in [3.8, 4) is 17.2 Å². The lowest BCUT2D eigenvalue weighted by molar-refractivity contribution is -0.139. The van der Waals surface area contributed by atoms with Crippen LogP contribution in [-0.4, -0.2) is 43.9 Å². The first-order valence-corrected chi connectivity index (χ1v) is 8.91. The highest BCUT2D eigenvalue weighted by molar-refractivity contribution is 5.94. The van der Waals surface area contributed by atoms with Crippen LogP contribution in [0.15, 0.2) is 36.4 Å². The Morgan fingerprint density at radius 1 is 1.00 bits per heavy atom. The topological polar surface area (TPSA) is 94.1 Å². The Balaban J connectivity index is 1.79. The highest BCUT2D eigenvalue weighted by Crippen LogP contribution is 2.25. The number of nitrogens with one attached hydrogen (secondary N) is 1. The van der Waals surface area contributed by atoms with E-state index in [1.54, 1.807) is 33.1 Å². The summed E-state index contributed by atoms with van der Waals surface area (Å²) in [6, 6.07) is 10.7. The van der Waals surface area contributed by atoms with Gasteiger partial charge in [-0.2, -0.15) is 0 Å². The third-order valence-corrected chi connectivity index (χ3v) is 4.00. The van der Waals surface area contributed by atoms with E-state index >= 15 is 0 Å². The predicted octanol–water partition coefficient (Wildman–Crippen LogP) is 2.97. The summed E-state index contributed by atoms with van der Waals surface area (Å²) in [6.45, 7) is 4.10. The van der Waals surface area contributed by atoms with Gasteiger partial charge in [0.2, 0.25) is 0 Å². The molecule has 0 aliphatic rings. The molecule has 0 spiro atoms. The number of carboxylic acids is 1. The minimum Gasteiger partial charge on any atom is -0.497 e. The molecule has 2 aromatic rings. The molecule has 0 aromatic heterocycles. The van der Waals surface area contributed by atoms with Gasteiger partial charge >= 0.3 is 5.97 Å². The maximum absolute atomic E-state index is 12.3. The van der Waals surface area contributed by atoms with Crippen molar-refractivity contribution in [1.82, 2.24) is 5.32 Å². The zero-order chi connectivity index (χ0) is 20.5. The van der Waals surface area contributed by atoms with Crippen LogP contribution in [0.1, 0.15) is 27.9 Å². The van der Waals surface area contributed by atoms with Gasteiger partial charge in [-0.05, 0) is 67.8 Å². The average molecular weight is 387 g/mol. The number of hydrogen-bond donors (Lipinski definition) is 2. The summed E-state index contributed by atoms with van der Waals surface area (Å²) in [5.41, 5.74) is 1.94. The Morgan fingerprint density at radius 2 is 1.61 bits per heavy atom. The van der Waals surface area contributed by atoms with E-state index in [0.29, 0.717) is 42.0 Å². The van der Waals surface area contributed by atoms with Crippen molar-refractivity contribution in [2.45, 2.75) is 20.3 Å². The Kier molecular flexibility index (Phi) is 7.68. The quantitative estimate of drug-likeness (QED) is 0.609. The standard InChI is InChI=1S/C21H25NO6/c1-14-11-16(12-15(2)20(14)28-13-19(23)24)21(25)22-9-4-10-27-18-7-5-17(26-3)6-8-18/h5-8,11-12H,4,9-10,13H2,1-3H3,(H,22,25)(H,23,24). The van der Waals surface area contributed by atoms with Crippen LogP contribution in [0.4, 0.5) is 0 Å². The third-order valence-electron chi connectivity index (χ3n) is 4.00. The van der Waals surface area contributed by atoms with E-state index in [-0.39, 0.29) is 5.91 Å². The van der Waals surface area contributed by atoms with Crippen LogP contribution in [0.5, 0.6) is 17.2 Å². The number of aryl methyl sites for hydroxylation is 2. The number of methoxy groups -OCH3 is 1. The Labute approximate surface area is 164 Å². The molecule has 0 bridgehead atoms. The van der Waals surface area contributed by atoms with Gasteiger partial charge in [-0.1, -0.05) is 0 Å². The fraction of sp³-hybridized carbons (Fsp3) is 0.333. The summed E-state index contributed by atoms with van der Waals surface area (Å²) in [7, 11) is 1.61. The zero-order valence-electron chi connectivity index (χ0n) is 16.3. The molecule has 0 fully saturated rings. The van der Waals surface area contributed by atoms with Crippen molar-refractivity contribution >= 4 is 11.9 Å². The molecule has 0 aliphatic heterocycles. The van der Waals surface area contributed by atoms with Crippen molar-refractivity contribution in [1.29, 1.82) is 0 Å². The summed E-state index contributed by atoms with van der Waals surface area (Å²) < 4.78 is 16.0. The van der Waals surface area contributed by atoms with Crippen molar-refractivity contribution in [3.63, 3.8) is 0 Å². The van der Waals surface area contributed by atoms with E-state index in [9.17, 15) is 9.59 Å². The van der Waals surface area contributed by atoms with Gasteiger partial charge in [-0.15, -0.1) is 0 Å². The summed E-state index contributed by atoms with van der Waals surface area (Å²) >= 11 is 0. The molecule has 0 aliphatic carbocycles. The fourth-order valence-corrected chi connectivity index (χ4v) is 2.68. The first kappa shape index (κ1) is 21.1. The molecule has 28 heavy (non-hydrogen) atoms. The van der Waals surface area contributed by atoms with Gasteiger partial charge in [0.15, 0.2) is 6.61 Å². The molecule has 2 rings (SSSR count). The molecule has 0 saturated heterocycles. The molecule has 2 aromatic carbocycles. The van der Waals surface area contributed by atoms with Crippen LogP contribution in [0.2, 0.25) is 0 Å². The second kappa shape index (κ2) is 10.2. The normalized spacial score (nSPS) is 10.2. The van der Waals surface area contributed by atoms with Crippen LogP contribution >= 0.6 is 0 Å². The van der Waals surface area contributed by atoms with E-state index in [4.69, 9.17) is 19.3 Å². The Morgan fingerprint density at radius 3 is 2.18 bits per heavy atom. The fourth-order valence-electron chi connectivity index (χ4n) is 2.68. The maximum Gasteiger partial charge on any atom is 0.341 e. The lowest BCUT2D eigenvalue weighted by atomic mass is 10.1. The lowest BCUT2D eigenvalue weighted by Gasteiger charge is -2.13. The molecule has 150 valence electrons. The monoisotopic (exact) mass is 387 g/mol. The van der Waals surface area contributed by atoms with Crippen LogP contribution in [-0.2, 0) is 4.79 Å². The highest BCUT2D eigenvalue weighted by Gasteiger charge is 2.12. The molecule has 7 nitrogen and oxygen atoms in total. The number of amides is 1. The van der Waals surface area contributed by atoms with E-state index in [2.05, 4.69) is 5.32 Å². The molecule has 0 atom stereocenters. The number of ether oxygens (including phenoxy) is 3. The summed E-state index contributed by atoms with van der Waals surface area (Å²) in [4.78, 5) is 23.0. The summed E-state index contributed by atoms with van der Waals surface area (Å²) in [5, 5.41) is 11.6. The van der Waals surface area contributed by atoms with Gasteiger partial charge < -0.3 is 24.6 Å². The van der Waals surface area contributed by atoms with E-state index < -0.39 is 12.6 Å². The van der Waals surface area contributed by atoms with Crippen LogP contribution in [0, 0.1) is 13.8 Å². The van der Waals surface area contributed by atoms with Gasteiger partial charge in [-0.25, -0.2) is 4.79 Å². The van der Waals surface area contributed by atoms with Gasteiger partial charge in [0, 0.05) is 12.1 Å². The molecule has 2 N–H and O–H groups in total. The SMILES string of the molecule is COc1ccc(OCCCNC(=O)c2cc(C)c(OCC(=O)O)c(C)c2)cc1. The Bertz CT molecular complexity index is 793. The molecule has 1 amide bonds. The van der Waals surface area contributed by atoms with Crippen molar-refractivity contribution < 1.29 is 28.9 Å². The number of carbonyl (C=O) groups is 2.